The molecule has 3 rings (SSSR count). The summed E-state index contributed by atoms with van der Waals surface area (Å²) in [5.41, 5.74) is 1.18. The summed E-state index contributed by atoms with van der Waals surface area (Å²) in [5.74, 6) is 0. The predicted octanol–water partition coefficient (Wildman–Crippen LogP) is 1.19. The molecule has 1 spiro atoms. The van der Waals surface area contributed by atoms with Crippen molar-refractivity contribution in [1.29, 1.82) is 0 Å². The lowest BCUT2D eigenvalue weighted by Gasteiger charge is -2.44. The SMILES string of the molecule is CO[C@H]1CCN(Cc2cncn2C)C[C@@]12CCCO2. The van der Waals surface area contributed by atoms with Crippen LogP contribution in [0, 0.1) is 0 Å². The van der Waals surface area contributed by atoms with E-state index in [9.17, 15) is 0 Å². The molecule has 2 saturated heterocycles. The van der Waals surface area contributed by atoms with Crippen molar-refractivity contribution in [3.05, 3.63) is 18.2 Å². The zero-order chi connectivity index (χ0) is 13.3. The van der Waals surface area contributed by atoms with E-state index in [-0.39, 0.29) is 11.7 Å². The Morgan fingerprint density at radius 1 is 1.58 bits per heavy atom. The first-order valence-corrected chi connectivity index (χ1v) is 7.08. The van der Waals surface area contributed by atoms with E-state index in [2.05, 4.69) is 14.5 Å². The molecule has 0 bridgehead atoms. The Morgan fingerprint density at radius 2 is 2.47 bits per heavy atom. The Labute approximate surface area is 114 Å². The average molecular weight is 265 g/mol. The van der Waals surface area contributed by atoms with Crippen molar-refractivity contribution < 1.29 is 9.47 Å². The van der Waals surface area contributed by atoms with Gasteiger partial charge in [-0.15, -0.1) is 0 Å². The first-order chi connectivity index (χ1) is 9.23. The molecule has 2 atom stereocenters. The molecular formula is C14H23N3O2. The maximum Gasteiger partial charge on any atom is 0.107 e. The normalized spacial score (nSPS) is 32.2. The van der Waals surface area contributed by atoms with Gasteiger partial charge in [-0.25, -0.2) is 4.98 Å². The van der Waals surface area contributed by atoms with Gasteiger partial charge in [-0.05, 0) is 19.3 Å². The minimum absolute atomic E-state index is 0.0778. The van der Waals surface area contributed by atoms with Crippen molar-refractivity contribution in [3.63, 3.8) is 0 Å². The Balaban J connectivity index is 1.70. The molecular weight excluding hydrogens is 242 g/mol. The topological polar surface area (TPSA) is 39.5 Å². The number of ether oxygens (including phenoxy) is 2. The van der Waals surface area contributed by atoms with Crippen LogP contribution < -0.4 is 0 Å². The highest BCUT2D eigenvalue weighted by molar-refractivity contribution is 5.03. The number of rotatable bonds is 3. The summed E-state index contributed by atoms with van der Waals surface area (Å²) in [5, 5.41) is 0. The van der Waals surface area contributed by atoms with Gasteiger partial charge in [0.2, 0.25) is 0 Å². The summed E-state index contributed by atoms with van der Waals surface area (Å²) in [6.45, 7) is 3.85. The second-order valence-electron chi connectivity index (χ2n) is 5.74. The van der Waals surface area contributed by atoms with Gasteiger partial charge in [0.25, 0.3) is 0 Å². The number of aromatic nitrogens is 2. The summed E-state index contributed by atoms with van der Waals surface area (Å²) < 4.78 is 13.8. The molecule has 1 aromatic heterocycles. The lowest BCUT2D eigenvalue weighted by atomic mass is 9.87. The molecule has 0 saturated carbocycles. The zero-order valence-corrected chi connectivity index (χ0v) is 11.8. The maximum absolute atomic E-state index is 6.08. The molecule has 5 heteroatoms. The summed E-state index contributed by atoms with van der Waals surface area (Å²) in [7, 11) is 3.86. The fourth-order valence-corrected chi connectivity index (χ4v) is 3.45. The molecule has 2 aliphatic rings. The van der Waals surface area contributed by atoms with E-state index in [1.807, 2.05) is 26.7 Å². The predicted molar refractivity (Wildman–Crippen MR) is 71.8 cm³/mol. The quantitative estimate of drug-likeness (QED) is 0.823. The van der Waals surface area contributed by atoms with Gasteiger partial charge in [0, 0.05) is 46.6 Å². The molecule has 2 fully saturated rings. The summed E-state index contributed by atoms with van der Waals surface area (Å²) in [4.78, 5) is 6.66. The molecule has 0 amide bonds. The van der Waals surface area contributed by atoms with Crippen LogP contribution >= 0.6 is 0 Å². The van der Waals surface area contributed by atoms with Crippen molar-refractivity contribution >= 4 is 0 Å². The molecule has 0 N–H and O–H groups in total. The van der Waals surface area contributed by atoms with Crippen LogP contribution in [-0.4, -0.2) is 53.0 Å². The van der Waals surface area contributed by atoms with Crippen LogP contribution in [0.5, 0.6) is 0 Å². The third-order valence-electron chi connectivity index (χ3n) is 4.51. The van der Waals surface area contributed by atoms with Crippen LogP contribution in [0.4, 0.5) is 0 Å². The first kappa shape index (κ1) is 13.1. The van der Waals surface area contributed by atoms with Crippen LogP contribution in [0.2, 0.25) is 0 Å². The summed E-state index contributed by atoms with van der Waals surface area (Å²) >= 11 is 0. The van der Waals surface area contributed by atoms with Gasteiger partial charge in [-0.2, -0.15) is 0 Å². The Hall–Kier alpha value is -0.910. The fourth-order valence-electron chi connectivity index (χ4n) is 3.45. The van der Waals surface area contributed by atoms with Crippen molar-refractivity contribution in [2.24, 2.45) is 7.05 Å². The summed E-state index contributed by atoms with van der Waals surface area (Å²) in [6, 6.07) is 0. The van der Waals surface area contributed by atoms with Gasteiger partial charge in [0.05, 0.1) is 18.1 Å². The Morgan fingerprint density at radius 3 is 3.11 bits per heavy atom. The van der Waals surface area contributed by atoms with Crippen molar-refractivity contribution in [1.82, 2.24) is 14.5 Å². The minimum Gasteiger partial charge on any atom is -0.378 e. The standard InChI is InChI=1S/C14H23N3O2/c1-16-11-15-8-12(16)9-17-6-4-13(18-2)14(10-17)5-3-7-19-14/h8,11,13H,3-7,9-10H2,1-2H3/t13-,14-/m0/s1. The highest BCUT2D eigenvalue weighted by atomic mass is 16.5. The lowest BCUT2D eigenvalue weighted by Crippen LogP contribution is -2.56. The second-order valence-corrected chi connectivity index (χ2v) is 5.74. The van der Waals surface area contributed by atoms with Gasteiger partial charge in [-0.1, -0.05) is 0 Å². The number of hydrogen-bond acceptors (Lipinski definition) is 4. The smallest absolute Gasteiger partial charge is 0.107 e. The number of hydrogen-bond donors (Lipinski definition) is 0. The lowest BCUT2D eigenvalue weighted by molar-refractivity contribution is -0.145. The molecule has 5 nitrogen and oxygen atoms in total. The van der Waals surface area contributed by atoms with Crippen LogP contribution in [0.3, 0.4) is 0 Å². The number of nitrogens with zero attached hydrogens (tertiary/aromatic N) is 3. The third kappa shape index (κ3) is 2.42. The van der Waals surface area contributed by atoms with E-state index in [0.717, 1.165) is 45.5 Å². The Kier molecular flexibility index (Phi) is 3.60. The van der Waals surface area contributed by atoms with E-state index in [0.29, 0.717) is 0 Å². The molecule has 0 aromatic carbocycles. The maximum atomic E-state index is 6.08. The van der Waals surface area contributed by atoms with Crippen LogP contribution in [0.15, 0.2) is 12.5 Å². The number of methoxy groups -OCH3 is 1. The fraction of sp³-hybridized carbons (Fsp3) is 0.786. The Bertz CT molecular complexity index is 426. The van der Waals surface area contributed by atoms with Crippen molar-refractivity contribution in [2.75, 3.05) is 26.8 Å². The van der Waals surface area contributed by atoms with Crippen LogP contribution in [-0.2, 0) is 23.1 Å². The molecule has 106 valence electrons. The molecule has 0 unspecified atom stereocenters. The van der Waals surface area contributed by atoms with Crippen LogP contribution in [0.25, 0.3) is 0 Å². The largest absolute Gasteiger partial charge is 0.378 e. The number of likely N-dealkylation sites (tertiary alicyclic amines) is 1. The van der Waals surface area contributed by atoms with Gasteiger partial charge < -0.3 is 14.0 Å². The van der Waals surface area contributed by atoms with Crippen LogP contribution in [0.1, 0.15) is 25.0 Å². The highest BCUT2D eigenvalue weighted by Gasteiger charge is 2.47. The minimum atomic E-state index is -0.0778. The summed E-state index contributed by atoms with van der Waals surface area (Å²) in [6.07, 6.45) is 7.38. The molecule has 0 aliphatic carbocycles. The van der Waals surface area contributed by atoms with E-state index in [4.69, 9.17) is 9.47 Å². The second kappa shape index (κ2) is 5.23. The van der Waals surface area contributed by atoms with Gasteiger partial charge >= 0.3 is 0 Å². The number of imidazole rings is 1. The average Bonchev–Trinajstić information content (AvgIpc) is 3.01. The van der Waals surface area contributed by atoms with Crippen molar-refractivity contribution in [3.8, 4) is 0 Å². The van der Waals surface area contributed by atoms with E-state index in [1.54, 1.807) is 0 Å². The number of aryl methyl sites for hydroxylation is 1. The first-order valence-electron chi connectivity index (χ1n) is 7.08. The van der Waals surface area contributed by atoms with E-state index >= 15 is 0 Å². The van der Waals surface area contributed by atoms with E-state index in [1.165, 1.54) is 5.69 Å². The molecule has 0 radical (unpaired) electrons. The van der Waals surface area contributed by atoms with Gasteiger partial charge in [0.15, 0.2) is 0 Å². The third-order valence-corrected chi connectivity index (χ3v) is 4.51. The zero-order valence-electron chi connectivity index (χ0n) is 11.8. The van der Waals surface area contributed by atoms with Gasteiger partial charge in [0.1, 0.15) is 5.60 Å². The van der Waals surface area contributed by atoms with Crippen molar-refractivity contribution in [2.45, 2.75) is 37.5 Å². The molecule has 3 heterocycles. The van der Waals surface area contributed by atoms with E-state index < -0.39 is 0 Å². The monoisotopic (exact) mass is 265 g/mol. The molecule has 19 heavy (non-hydrogen) atoms. The van der Waals surface area contributed by atoms with Gasteiger partial charge in [-0.3, -0.25) is 4.90 Å². The highest BCUT2D eigenvalue weighted by Crippen LogP contribution is 2.36. The molecule has 1 aromatic rings. The number of piperidine rings is 1. The molecule has 2 aliphatic heterocycles.